The summed E-state index contributed by atoms with van der Waals surface area (Å²) in [5.74, 6) is 0.208. The summed E-state index contributed by atoms with van der Waals surface area (Å²) in [7, 11) is 0. The Morgan fingerprint density at radius 2 is 1.32 bits per heavy atom. The highest BCUT2D eigenvalue weighted by atomic mass is 16.5. The molecule has 0 unspecified atom stereocenters. The minimum Gasteiger partial charge on any atom is -0.431 e. The fraction of sp³-hybridized carbons (Fsp3) is 0.118. The molecule has 0 bridgehead atoms. The van der Waals surface area contributed by atoms with Crippen molar-refractivity contribution in [2.45, 2.75) is 12.8 Å². The normalized spacial score (nSPS) is 9.89. The van der Waals surface area contributed by atoms with Gasteiger partial charge in [-0.05, 0) is 11.1 Å². The summed E-state index contributed by atoms with van der Waals surface area (Å²) in [6.45, 7) is 3.79. The Balaban J connectivity index is 1.84. The molecule has 0 amide bonds. The van der Waals surface area contributed by atoms with Gasteiger partial charge in [-0.2, -0.15) is 0 Å². The molecule has 0 saturated carbocycles. The number of ether oxygens (including phenoxy) is 1. The third-order valence-corrected chi connectivity index (χ3v) is 2.69. The molecule has 0 fully saturated rings. The zero-order chi connectivity index (χ0) is 13.5. The summed E-state index contributed by atoms with van der Waals surface area (Å²) in [5, 5.41) is 0. The summed E-state index contributed by atoms with van der Waals surface area (Å²) in [6, 6.07) is 19.4. The van der Waals surface area contributed by atoms with E-state index in [0.29, 0.717) is 12.2 Å². The highest BCUT2D eigenvalue weighted by Gasteiger charge is 2.07. The first-order chi connectivity index (χ1) is 9.24. The maximum atomic E-state index is 11.7. The van der Waals surface area contributed by atoms with E-state index in [2.05, 4.69) is 6.58 Å². The topological polar surface area (TPSA) is 26.3 Å². The third kappa shape index (κ3) is 4.43. The van der Waals surface area contributed by atoms with Crippen LogP contribution in [0.2, 0.25) is 0 Å². The van der Waals surface area contributed by atoms with Gasteiger partial charge in [-0.3, -0.25) is 4.79 Å². The lowest BCUT2D eigenvalue weighted by atomic mass is 10.1. The maximum Gasteiger partial charge on any atom is 0.315 e. The van der Waals surface area contributed by atoms with E-state index >= 15 is 0 Å². The van der Waals surface area contributed by atoms with Gasteiger partial charge in [0.25, 0.3) is 0 Å². The highest BCUT2D eigenvalue weighted by molar-refractivity contribution is 5.73. The average molecular weight is 252 g/mol. The van der Waals surface area contributed by atoms with Crippen molar-refractivity contribution in [1.29, 1.82) is 0 Å². The van der Waals surface area contributed by atoms with Crippen LogP contribution in [0.4, 0.5) is 0 Å². The first-order valence-electron chi connectivity index (χ1n) is 6.20. The molecule has 0 atom stereocenters. The van der Waals surface area contributed by atoms with Crippen molar-refractivity contribution in [1.82, 2.24) is 0 Å². The molecule has 19 heavy (non-hydrogen) atoms. The van der Waals surface area contributed by atoms with E-state index in [1.165, 1.54) is 0 Å². The molecule has 2 heteroatoms. The van der Waals surface area contributed by atoms with E-state index in [0.717, 1.165) is 11.1 Å². The Morgan fingerprint density at radius 1 is 0.842 bits per heavy atom. The van der Waals surface area contributed by atoms with Crippen LogP contribution in [0.25, 0.3) is 0 Å². The second kappa shape index (κ2) is 6.55. The van der Waals surface area contributed by atoms with Gasteiger partial charge < -0.3 is 4.74 Å². The fourth-order valence-electron chi connectivity index (χ4n) is 1.82. The lowest BCUT2D eigenvalue weighted by Gasteiger charge is -2.07. The van der Waals surface area contributed by atoms with Crippen molar-refractivity contribution in [2.75, 3.05) is 0 Å². The van der Waals surface area contributed by atoms with Gasteiger partial charge in [0.05, 0.1) is 6.42 Å². The van der Waals surface area contributed by atoms with E-state index in [4.69, 9.17) is 4.74 Å². The number of allylic oxidation sites excluding steroid dienone is 1. The van der Waals surface area contributed by atoms with Gasteiger partial charge in [-0.15, -0.1) is 0 Å². The molecule has 0 saturated heterocycles. The molecular weight excluding hydrogens is 236 g/mol. The van der Waals surface area contributed by atoms with Crippen LogP contribution in [-0.4, -0.2) is 5.97 Å². The Morgan fingerprint density at radius 3 is 1.84 bits per heavy atom. The molecule has 0 radical (unpaired) electrons. The molecule has 2 rings (SSSR count). The Hall–Kier alpha value is -2.35. The molecular formula is C17H16O2. The SMILES string of the molecule is C=C(Cc1ccccc1)OC(=O)Cc1ccccc1. The molecule has 2 aromatic carbocycles. The van der Waals surface area contributed by atoms with Crippen molar-refractivity contribution in [3.63, 3.8) is 0 Å². The fourth-order valence-corrected chi connectivity index (χ4v) is 1.82. The third-order valence-electron chi connectivity index (χ3n) is 2.69. The van der Waals surface area contributed by atoms with Crippen LogP contribution >= 0.6 is 0 Å². The van der Waals surface area contributed by atoms with Crippen LogP contribution in [-0.2, 0) is 22.4 Å². The van der Waals surface area contributed by atoms with Crippen LogP contribution in [0.3, 0.4) is 0 Å². The zero-order valence-electron chi connectivity index (χ0n) is 10.7. The zero-order valence-corrected chi connectivity index (χ0v) is 10.7. The number of benzene rings is 2. The molecule has 0 aromatic heterocycles. The molecule has 2 nitrogen and oxygen atoms in total. The number of rotatable bonds is 5. The van der Waals surface area contributed by atoms with E-state index in [-0.39, 0.29) is 12.4 Å². The summed E-state index contributed by atoms with van der Waals surface area (Å²) in [6.07, 6.45) is 0.829. The second-order valence-corrected chi connectivity index (χ2v) is 4.34. The van der Waals surface area contributed by atoms with E-state index in [1.54, 1.807) is 0 Å². The smallest absolute Gasteiger partial charge is 0.315 e. The van der Waals surface area contributed by atoms with Gasteiger partial charge in [0.15, 0.2) is 0 Å². The molecule has 0 N–H and O–H groups in total. The number of hydrogen-bond acceptors (Lipinski definition) is 2. The number of esters is 1. The van der Waals surface area contributed by atoms with Gasteiger partial charge in [-0.25, -0.2) is 0 Å². The number of hydrogen-bond donors (Lipinski definition) is 0. The van der Waals surface area contributed by atoms with Crippen LogP contribution in [0.15, 0.2) is 73.0 Å². The van der Waals surface area contributed by atoms with Crippen molar-refractivity contribution in [3.8, 4) is 0 Å². The van der Waals surface area contributed by atoms with E-state index < -0.39 is 0 Å². The predicted molar refractivity (Wildman–Crippen MR) is 75.5 cm³/mol. The second-order valence-electron chi connectivity index (χ2n) is 4.34. The molecule has 0 aliphatic rings. The first kappa shape index (κ1) is 13.1. The van der Waals surface area contributed by atoms with Crippen LogP contribution in [0.1, 0.15) is 11.1 Å². The van der Waals surface area contributed by atoms with Crippen LogP contribution in [0, 0.1) is 0 Å². The van der Waals surface area contributed by atoms with Gasteiger partial charge >= 0.3 is 5.97 Å². The minimum absolute atomic E-state index is 0.271. The van der Waals surface area contributed by atoms with Crippen molar-refractivity contribution < 1.29 is 9.53 Å². The maximum absolute atomic E-state index is 11.7. The van der Waals surface area contributed by atoms with E-state index in [1.807, 2.05) is 60.7 Å². The lowest BCUT2D eigenvalue weighted by molar-refractivity contribution is -0.138. The van der Waals surface area contributed by atoms with Crippen molar-refractivity contribution >= 4 is 5.97 Å². The largest absolute Gasteiger partial charge is 0.431 e. The summed E-state index contributed by atoms with van der Waals surface area (Å²) < 4.78 is 5.22. The Labute approximate surface area is 113 Å². The highest BCUT2D eigenvalue weighted by Crippen LogP contribution is 2.09. The molecule has 96 valence electrons. The van der Waals surface area contributed by atoms with Gasteiger partial charge in [0.1, 0.15) is 5.76 Å². The predicted octanol–water partition coefficient (Wildman–Crippen LogP) is 3.53. The van der Waals surface area contributed by atoms with E-state index in [9.17, 15) is 4.79 Å². The first-order valence-corrected chi connectivity index (χ1v) is 6.20. The quantitative estimate of drug-likeness (QED) is 0.601. The number of carbonyl (C=O) groups excluding carboxylic acids is 1. The van der Waals surface area contributed by atoms with Crippen LogP contribution in [0.5, 0.6) is 0 Å². The molecule has 0 aliphatic heterocycles. The Bertz CT molecular complexity index is 492. The standard InChI is InChI=1S/C17H16O2/c1-14(12-15-8-4-2-5-9-15)19-17(18)13-16-10-6-3-7-11-16/h2-11H,1,12-13H2. The molecule has 0 heterocycles. The van der Waals surface area contributed by atoms with Gasteiger partial charge in [0.2, 0.25) is 0 Å². The van der Waals surface area contributed by atoms with Crippen molar-refractivity contribution in [2.24, 2.45) is 0 Å². The molecule has 2 aromatic rings. The van der Waals surface area contributed by atoms with Gasteiger partial charge in [-0.1, -0.05) is 67.2 Å². The summed E-state index contributed by atoms with van der Waals surface area (Å²) in [4.78, 5) is 11.7. The molecule has 0 spiro atoms. The minimum atomic E-state index is -0.271. The van der Waals surface area contributed by atoms with Gasteiger partial charge in [0, 0.05) is 6.42 Å². The number of carbonyl (C=O) groups is 1. The lowest BCUT2D eigenvalue weighted by Crippen LogP contribution is -2.08. The molecule has 0 aliphatic carbocycles. The average Bonchev–Trinajstić information content (AvgIpc) is 2.40. The van der Waals surface area contributed by atoms with Crippen LogP contribution < -0.4 is 0 Å². The summed E-state index contributed by atoms with van der Waals surface area (Å²) in [5.41, 5.74) is 2.03. The van der Waals surface area contributed by atoms with Crippen molar-refractivity contribution in [3.05, 3.63) is 84.1 Å². The monoisotopic (exact) mass is 252 g/mol. The Kier molecular flexibility index (Phi) is 4.51. The summed E-state index contributed by atoms with van der Waals surface area (Å²) >= 11 is 0.